The highest BCUT2D eigenvalue weighted by Gasteiger charge is 2.41. The van der Waals surface area contributed by atoms with E-state index in [1.54, 1.807) is 6.26 Å². The van der Waals surface area contributed by atoms with Gasteiger partial charge in [-0.15, -0.1) is 5.54 Å². The Labute approximate surface area is 213 Å². The van der Waals surface area contributed by atoms with Crippen LogP contribution in [0.3, 0.4) is 0 Å². The second-order valence-corrected chi connectivity index (χ2v) is 16.7. The maximum absolute atomic E-state index is 6.27. The maximum atomic E-state index is 6.27. The molecular weight excluding hydrogens is 456 g/mol. The summed E-state index contributed by atoms with van der Waals surface area (Å²) in [5.41, 5.74) is 7.42. The van der Waals surface area contributed by atoms with Gasteiger partial charge < -0.3 is 8.83 Å². The van der Waals surface area contributed by atoms with Gasteiger partial charge in [0.1, 0.15) is 19.2 Å². The SMILES string of the molecule is CC(C)[Si](C#Cc1cc2cc3c(ccc4c5cc6ccoc6cc5ccc34)cc2o1)(C(C)C)C(C)C. The van der Waals surface area contributed by atoms with E-state index in [2.05, 4.69) is 108 Å². The third-order valence-electron chi connectivity index (χ3n) is 8.31. The van der Waals surface area contributed by atoms with E-state index in [9.17, 15) is 0 Å². The zero-order chi connectivity index (χ0) is 25.2. The van der Waals surface area contributed by atoms with Crippen LogP contribution >= 0.6 is 0 Å². The summed E-state index contributed by atoms with van der Waals surface area (Å²) in [5.74, 6) is 4.26. The zero-order valence-corrected chi connectivity index (χ0v) is 22.9. The van der Waals surface area contributed by atoms with Crippen LogP contribution in [0.2, 0.25) is 16.6 Å². The molecule has 3 heteroatoms. The molecule has 0 spiro atoms. The molecule has 180 valence electrons. The second kappa shape index (κ2) is 8.29. The molecule has 36 heavy (non-hydrogen) atoms. The second-order valence-electron chi connectivity index (χ2n) is 11.1. The van der Waals surface area contributed by atoms with Crippen molar-refractivity contribution in [3.05, 3.63) is 72.7 Å². The largest absolute Gasteiger partial charge is 0.464 e. The van der Waals surface area contributed by atoms with Crippen LogP contribution in [-0.4, -0.2) is 8.07 Å². The first-order valence-electron chi connectivity index (χ1n) is 13.0. The molecule has 0 bridgehead atoms. The van der Waals surface area contributed by atoms with Crippen molar-refractivity contribution in [2.75, 3.05) is 0 Å². The number of hydrogen-bond donors (Lipinski definition) is 0. The molecule has 6 aromatic rings. The quantitative estimate of drug-likeness (QED) is 0.141. The van der Waals surface area contributed by atoms with Crippen molar-refractivity contribution < 1.29 is 8.83 Å². The topological polar surface area (TPSA) is 26.3 Å². The third-order valence-corrected chi connectivity index (χ3v) is 14.6. The number of rotatable bonds is 3. The molecule has 0 atom stereocenters. The molecule has 2 aromatic heterocycles. The van der Waals surface area contributed by atoms with Crippen LogP contribution in [0.4, 0.5) is 0 Å². The van der Waals surface area contributed by atoms with Crippen molar-refractivity contribution in [1.29, 1.82) is 0 Å². The van der Waals surface area contributed by atoms with E-state index in [1.165, 1.54) is 32.3 Å². The fourth-order valence-corrected chi connectivity index (χ4v) is 11.7. The fourth-order valence-electron chi connectivity index (χ4n) is 6.53. The van der Waals surface area contributed by atoms with E-state index in [1.807, 2.05) is 6.07 Å². The zero-order valence-electron chi connectivity index (χ0n) is 21.9. The lowest BCUT2D eigenvalue weighted by Crippen LogP contribution is -2.43. The normalized spacial score (nSPS) is 12.7. The Hall–Kier alpha value is -3.48. The molecular formula is C33H32O2Si. The fraction of sp³-hybridized carbons (Fsp3) is 0.273. The van der Waals surface area contributed by atoms with Crippen LogP contribution in [0.1, 0.15) is 47.3 Å². The third kappa shape index (κ3) is 3.39. The highest BCUT2D eigenvalue weighted by Crippen LogP contribution is 2.41. The van der Waals surface area contributed by atoms with Gasteiger partial charge in [0.15, 0.2) is 5.76 Å². The van der Waals surface area contributed by atoms with E-state index in [4.69, 9.17) is 8.83 Å². The Balaban J connectivity index is 1.52. The van der Waals surface area contributed by atoms with Crippen molar-refractivity contribution >= 4 is 62.3 Å². The predicted octanol–water partition coefficient (Wildman–Crippen LogP) is 10.2. The monoisotopic (exact) mass is 488 g/mol. The van der Waals surface area contributed by atoms with Gasteiger partial charge in [-0.3, -0.25) is 0 Å². The molecule has 6 rings (SSSR count). The van der Waals surface area contributed by atoms with Crippen LogP contribution in [0.15, 0.2) is 75.8 Å². The Kier molecular flexibility index (Phi) is 5.28. The summed E-state index contributed by atoms with van der Waals surface area (Å²) in [7, 11) is -1.81. The van der Waals surface area contributed by atoms with Crippen molar-refractivity contribution in [3.63, 3.8) is 0 Å². The molecule has 0 saturated carbocycles. The lowest BCUT2D eigenvalue weighted by atomic mass is 9.96. The van der Waals surface area contributed by atoms with Gasteiger partial charge in [-0.1, -0.05) is 65.8 Å². The van der Waals surface area contributed by atoms with Crippen LogP contribution in [0.5, 0.6) is 0 Å². The van der Waals surface area contributed by atoms with Crippen LogP contribution < -0.4 is 0 Å². The predicted molar refractivity (Wildman–Crippen MR) is 156 cm³/mol. The van der Waals surface area contributed by atoms with Gasteiger partial charge in [-0.25, -0.2) is 0 Å². The molecule has 0 aliphatic rings. The lowest BCUT2D eigenvalue weighted by Gasteiger charge is -2.37. The molecule has 0 aliphatic carbocycles. The maximum Gasteiger partial charge on any atom is 0.177 e. The summed E-state index contributed by atoms with van der Waals surface area (Å²) in [6, 6.07) is 21.8. The molecule has 0 amide bonds. The summed E-state index contributed by atoms with van der Waals surface area (Å²) < 4.78 is 11.9. The van der Waals surface area contributed by atoms with Gasteiger partial charge in [0, 0.05) is 16.8 Å². The number of benzene rings is 4. The molecule has 0 N–H and O–H groups in total. The molecule has 0 fully saturated rings. The lowest BCUT2D eigenvalue weighted by molar-refractivity contribution is 0.602. The first-order valence-corrected chi connectivity index (χ1v) is 15.2. The standard InChI is InChI=1S/C33H32O2Si/c1-20(2)36(21(3)4,22(5)6)14-12-27-15-26-17-31-24(19-33(26)35-27)8-10-28-29(31)9-7-23-18-32-25(11-13-34-32)16-30(23)28/h7-11,13,15-22H,1-6H3. The summed E-state index contributed by atoms with van der Waals surface area (Å²) >= 11 is 0. The van der Waals surface area contributed by atoms with E-state index in [0.717, 1.165) is 27.7 Å². The van der Waals surface area contributed by atoms with Gasteiger partial charge in [0.05, 0.1) is 6.26 Å². The smallest absolute Gasteiger partial charge is 0.177 e. The summed E-state index contributed by atoms with van der Waals surface area (Å²) in [6.07, 6.45) is 1.76. The van der Waals surface area contributed by atoms with Crippen molar-refractivity contribution in [3.8, 4) is 11.5 Å². The summed E-state index contributed by atoms with van der Waals surface area (Å²) in [5, 5.41) is 9.62. The minimum absolute atomic E-state index is 0.599. The van der Waals surface area contributed by atoms with Crippen LogP contribution in [-0.2, 0) is 0 Å². The first-order chi connectivity index (χ1) is 17.3. The molecule has 0 radical (unpaired) electrons. The highest BCUT2D eigenvalue weighted by molar-refractivity contribution is 6.90. The van der Waals surface area contributed by atoms with Gasteiger partial charge in [-0.05, 0) is 85.2 Å². The van der Waals surface area contributed by atoms with Crippen molar-refractivity contribution in [2.24, 2.45) is 0 Å². The van der Waals surface area contributed by atoms with E-state index >= 15 is 0 Å². The number of hydrogen-bond acceptors (Lipinski definition) is 2. The van der Waals surface area contributed by atoms with Crippen LogP contribution in [0.25, 0.3) is 54.3 Å². The van der Waals surface area contributed by atoms with Gasteiger partial charge >= 0.3 is 0 Å². The molecule has 0 unspecified atom stereocenters. The van der Waals surface area contributed by atoms with Gasteiger partial charge in [-0.2, -0.15) is 0 Å². The van der Waals surface area contributed by atoms with Gasteiger partial charge in [0.25, 0.3) is 0 Å². The average Bonchev–Trinajstić information content (AvgIpc) is 3.46. The first kappa shape index (κ1) is 22.9. The minimum Gasteiger partial charge on any atom is -0.464 e. The van der Waals surface area contributed by atoms with Gasteiger partial charge in [0.2, 0.25) is 0 Å². The summed E-state index contributed by atoms with van der Waals surface area (Å²) in [6.45, 7) is 14.1. The van der Waals surface area contributed by atoms with Crippen molar-refractivity contribution in [2.45, 2.75) is 58.2 Å². The minimum atomic E-state index is -1.81. The molecule has 2 nitrogen and oxygen atoms in total. The molecule has 4 aromatic carbocycles. The molecule has 2 heterocycles. The van der Waals surface area contributed by atoms with E-state index in [-0.39, 0.29) is 0 Å². The molecule has 0 aliphatic heterocycles. The van der Waals surface area contributed by atoms with Crippen molar-refractivity contribution in [1.82, 2.24) is 0 Å². The number of furan rings is 2. The average molecular weight is 489 g/mol. The number of fused-ring (bicyclic) bond motifs is 7. The Morgan fingerprint density at radius 1 is 0.583 bits per heavy atom. The van der Waals surface area contributed by atoms with Crippen LogP contribution in [0, 0.1) is 11.5 Å². The van der Waals surface area contributed by atoms with E-state index < -0.39 is 8.07 Å². The van der Waals surface area contributed by atoms with E-state index in [0.29, 0.717) is 16.6 Å². The Bertz CT molecular complexity index is 1810. The highest BCUT2D eigenvalue weighted by atomic mass is 28.3. The Morgan fingerprint density at radius 3 is 1.78 bits per heavy atom. The molecule has 0 saturated heterocycles. The Morgan fingerprint density at radius 2 is 1.17 bits per heavy atom. The summed E-state index contributed by atoms with van der Waals surface area (Å²) in [4.78, 5) is 0.